The first-order chi connectivity index (χ1) is 8.13. The molecule has 17 heavy (non-hydrogen) atoms. The molecule has 0 spiro atoms. The van der Waals surface area contributed by atoms with Crippen molar-refractivity contribution in [2.75, 3.05) is 18.5 Å². The Morgan fingerprint density at radius 1 is 1.59 bits per heavy atom. The predicted octanol–water partition coefficient (Wildman–Crippen LogP) is 2.79. The quantitative estimate of drug-likeness (QED) is 0.902. The molecule has 4 heteroatoms. The molecule has 2 N–H and O–H groups in total. The minimum atomic E-state index is -0.252. The van der Waals surface area contributed by atoms with E-state index < -0.39 is 0 Å². The molecule has 0 radical (unpaired) electrons. The monoisotopic (exact) mass is 299 g/mol. The lowest BCUT2D eigenvalue weighted by molar-refractivity contribution is -0.0160. The minimum absolute atomic E-state index is 0.132. The number of rotatable bonds is 3. The van der Waals surface area contributed by atoms with Crippen molar-refractivity contribution in [3.8, 4) is 0 Å². The van der Waals surface area contributed by atoms with E-state index in [0.29, 0.717) is 6.61 Å². The first-order valence-corrected chi connectivity index (χ1v) is 6.69. The molecular weight excluding hydrogens is 282 g/mol. The molecule has 0 saturated carbocycles. The maximum Gasteiger partial charge on any atom is 0.0663 e. The normalized spacial score (nSPS) is 29.0. The van der Waals surface area contributed by atoms with E-state index in [9.17, 15) is 5.11 Å². The standard InChI is InChI=1S/C13H18BrNO2/c1-10-8-13(9-16,5-6-17-10)15-12-4-2-3-11(14)7-12/h2-4,7,10,15-16H,5-6,8-9H2,1H3. The zero-order valence-corrected chi connectivity index (χ0v) is 11.5. The lowest BCUT2D eigenvalue weighted by atomic mass is 9.87. The van der Waals surface area contributed by atoms with Gasteiger partial charge < -0.3 is 15.2 Å². The molecule has 2 rings (SSSR count). The van der Waals surface area contributed by atoms with Crippen LogP contribution in [0.5, 0.6) is 0 Å². The van der Waals surface area contributed by atoms with Crippen LogP contribution in [0.1, 0.15) is 19.8 Å². The highest BCUT2D eigenvalue weighted by atomic mass is 79.9. The third-order valence-electron chi connectivity index (χ3n) is 3.20. The van der Waals surface area contributed by atoms with Crippen LogP contribution < -0.4 is 5.32 Å². The van der Waals surface area contributed by atoms with Gasteiger partial charge in [0.15, 0.2) is 0 Å². The van der Waals surface area contributed by atoms with Gasteiger partial charge in [0.25, 0.3) is 0 Å². The van der Waals surface area contributed by atoms with Crippen molar-refractivity contribution in [3.63, 3.8) is 0 Å². The minimum Gasteiger partial charge on any atom is -0.394 e. The Bertz CT molecular complexity index is 385. The van der Waals surface area contributed by atoms with Crippen molar-refractivity contribution < 1.29 is 9.84 Å². The van der Waals surface area contributed by atoms with E-state index in [2.05, 4.69) is 21.2 Å². The summed E-state index contributed by atoms with van der Waals surface area (Å²) in [6.45, 7) is 2.88. The van der Waals surface area contributed by atoms with Crippen LogP contribution in [0.15, 0.2) is 28.7 Å². The maximum atomic E-state index is 9.66. The van der Waals surface area contributed by atoms with Gasteiger partial charge in [-0.2, -0.15) is 0 Å². The second-order valence-electron chi connectivity index (χ2n) is 4.71. The number of anilines is 1. The van der Waals surface area contributed by atoms with Gasteiger partial charge >= 0.3 is 0 Å². The molecule has 3 nitrogen and oxygen atoms in total. The summed E-state index contributed by atoms with van der Waals surface area (Å²) in [5.74, 6) is 0. The van der Waals surface area contributed by atoms with Crippen LogP contribution in [0.3, 0.4) is 0 Å². The lowest BCUT2D eigenvalue weighted by Gasteiger charge is -2.40. The van der Waals surface area contributed by atoms with Crippen molar-refractivity contribution in [2.24, 2.45) is 0 Å². The van der Waals surface area contributed by atoms with Gasteiger partial charge in [0.1, 0.15) is 0 Å². The first kappa shape index (κ1) is 12.9. The molecule has 1 aromatic rings. The predicted molar refractivity (Wildman–Crippen MR) is 72.2 cm³/mol. The summed E-state index contributed by atoms with van der Waals surface area (Å²) in [7, 11) is 0. The Hall–Kier alpha value is -0.580. The second kappa shape index (κ2) is 5.38. The molecule has 0 aliphatic carbocycles. The molecule has 1 aliphatic rings. The van der Waals surface area contributed by atoms with Crippen LogP contribution in [0.4, 0.5) is 5.69 Å². The highest BCUT2D eigenvalue weighted by Gasteiger charge is 2.34. The summed E-state index contributed by atoms with van der Waals surface area (Å²) >= 11 is 3.45. The SMILES string of the molecule is CC1CC(CO)(Nc2cccc(Br)c2)CCO1. The third kappa shape index (κ3) is 3.21. The van der Waals surface area contributed by atoms with Gasteiger partial charge in [0.05, 0.1) is 18.2 Å². The van der Waals surface area contributed by atoms with Crippen molar-refractivity contribution in [3.05, 3.63) is 28.7 Å². The third-order valence-corrected chi connectivity index (χ3v) is 3.69. The van der Waals surface area contributed by atoms with Crippen LogP contribution in [-0.4, -0.2) is 30.0 Å². The van der Waals surface area contributed by atoms with Gasteiger partial charge in [-0.25, -0.2) is 0 Å². The van der Waals surface area contributed by atoms with Gasteiger partial charge in [-0.05, 0) is 38.0 Å². The summed E-state index contributed by atoms with van der Waals surface area (Å²) in [6, 6.07) is 8.02. The number of aliphatic hydroxyl groups is 1. The fraction of sp³-hybridized carbons (Fsp3) is 0.538. The van der Waals surface area contributed by atoms with E-state index in [-0.39, 0.29) is 18.2 Å². The second-order valence-corrected chi connectivity index (χ2v) is 5.62. The van der Waals surface area contributed by atoms with E-state index in [1.54, 1.807) is 0 Å². The zero-order chi connectivity index (χ0) is 12.3. The van der Waals surface area contributed by atoms with Gasteiger partial charge in [0, 0.05) is 16.8 Å². The van der Waals surface area contributed by atoms with E-state index in [0.717, 1.165) is 23.0 Å². The van der Waals surface area contributed by atoms with Crippen molar-refractivity contribution >= 4 is 21.6 Å². The Morgan fingerprint density at radius 3 is 3.06 bits per heavy atom. The van der Waals surface area contributed by atoms with E-state index in [4.69, 9.17) is 4.74 Å². The largest absolute Gasteiger partial charge is 0.394 e. The molecule has 0 aromatic heterocycles. The topological polar surface area (TPSA) is 41.5 Å². The van der Waals surface area contributed by atoms with Crippen molar-refractivity contribution in [2.45, 2.75) is 31.4 Å². The van der Waals surface area contributed by atoms with E-state index in [1.807, 2.05) is 31.2 Å². The number of ether oxygens (including phenoxy) is 1. The summed E-state index contributed by atoms with van der Waals surface area (Å²) in [6.07, 6.45) is 1.85. The fourth-order valence-electron chi connectivity index (χ4n) is 2.34. The van der Waals surface area contributed by atoms with Gasteiger partial charge in [-0.3, -0.25) is 0 Å². The van der Waals surface area contributed by atoms with E-state index >= 15 is 0 Å². The number of benzene rings is 1. The van der Waals surface area contributed by atoms with Gasteiger partial charge in [0.2, 0.25) is 0 Å². The number of hydrogen-bond acceptors (Lipinski definition) is 3. The fourth-order valence-corrected chi connectivity index (χ4v) is 2.74. The molecule has 2 atom stereocenters. The average molecular weight is 300 g/mol. The molecule has 0 amide bonds. The molecule has 1 saturated heterocycles. The van der Waals surface area contributed by atoms with Gasteiger partial charge in [-0.15, -0.1) is 0 Å². The maximum absolute atomic E-state index is 9.66. The molecule has 1 fully saturated rings. The Balaban J connectivity index is 2.13. The molecule has 0 bridgehead atoms. The van der Waals surface area contributed by atoms with Crippen LogP contribution in [0.2, 0.25) is 0 Å². The van der Waals surface area contributed by atoms with Gasteiger partial charge in [-0.1, -0.05) is 22.0 Å². The molecule has 1 aromatic carbocycles. The zero-order valence-electron chi connectivity index (χ0n) is 9.95. The number of hydrogen-bond donors (Lipinski definition) is 2. The van der Waals surface area contributed by atoms with Crippen molar-refractivity contribution in [1.82, 2.24) is 0 Å². The Labute approximate surface area is 110 Å². The molecule has 1 heterocycles. The smallest absolute Gasteiger partial charge is 0.0663 e. The lowest BCUT2D eigenvalue weighted by Crippen LogP contribution is -2.49. The highest BCUT2D eigenvalue weighted by Crippen LogP contribution is 2.29. The average Bonchev–Trinajstić information content (AvgIpc) is 2.29. The molecule has 1 aliphatic heterocycles. The summed E-state index contributed by atoms with van der Waals surface area (Å²) in [5.41, 5.74) is 0.779. The van der Waals surface area contributed by atoms with Crippen LogP contribution in [0, 0.1) is 0 Å². The van der Waals surface area contributed by atoms with Crippen LogP contribution in [0.25, 0.3) is 0 Å². The molecule has 94 valence electrons. The number of halogens is 1. The van der Waals surface area contributed by atoms with Crippen LogP contribution in [-0.2, 0) is 4.74 Å². The Morgan fingerprint density at radius 2 is 2.41 bits per heavy atom. The summed E-state index contributed by atoms with van der Waals surface area (Å²) in [5, 5.41) is 13.1. The number of aliphatic hydroxyl groups excluding tert-OH is 1. The summed E-state index contributed by atoms with van der Waals surface area (Å²) < 4.78 is 6.57. The van der Waals surface area contributed by atoms with Crippen LogP contribution >= 0.6 is 15.9 Å². The first-order valence-electron chi connectivity index (χ1n) is 5.90. The van der Waals surface area contributed by atoms with Crippen molar-refractivity contribution in [1.29, 1.82) is 0 Å². The Kier molecular flexibility index (Phi) is 4.07. The highest BCUT2D eigenvalue weighted by molar-refractivity contribution is 9.10. The molecular formula is C13H18BrNO2. The van der Waals surface area contributed by atoms with E-state index in [1.165, 1.54) is 0 Å². The molecule has 2 unspecified atom stereocenters. The number of nitrogens with one attached hydrogen (secondary N) is 1. The summed E-state index contributed by atoms with van der Waals surface area (Å²) in [4.78, 5) is 0.